The van der Waals surface area contributed by atoms with Gasteiger partial charge in [0.05, 0.1) is 6.20 Å². The van der Waals surface area contributed by atoms with Crippen LogP contribution in [0.25, 0.3) is 0 Å². The lowest BCUT2D eigenvalue weighted by Gasteiger charge is -2.14. The molecule has 0 amide bonds. The molecular weight excluding hydrogens is 244 g/mol. The number of aromatic amines is 1. The molecule has 7 nitrogen and oxygen atoms in total. The minimum atomic E-state index is -3.61. The van der Waals surface area contributed by atoms with Gasteiger partial charge in [-0.05, 0) is 24.7 Å². The second kappa shape index (κ2) is 4.28. The van der Waals surface area contributed by atoms with E-state index in [-0.39, 0.29) is 22.7 Å². The first-order chi connectivity index (χ1) is 7.99. The fraction of sp³-hybridized carbons (Fsp3) is 0.667. The number of aliphatic hydroxyl groups excluding tert-OH is 1. The zero-order valence-electron chi connectivity index (χ0n) is 9.31. The molecule has 1 aliphatic rings. The fourth-order valence-corrected chi connectivity index (χ4v) is 2.93. The van der Waals surface area contributed by atoms with Crippen LogP contribution in [0.2, 0.25) is 0 Å². The van der Waals surface area contributed by atoms with Crippen LogP contribution in [0.5, 0.6) is 0 Å². The SMILES string of the molecule is Nc1[nH]ncc1S(=O)(=O)NCC1(CCO)CC1. The van der Waals surface area contributed by atoms with Gasteiger partial charge in [-0.2, -0.15) is 5.10 Å². The van der Waals surface area contributed by atoms with Gasteiger partial charge in [0.25, 0.3) is 0 Å². The summed E-state index contributed by atoms with van der Waals surface area (Å²) in [5.41, 5.74) is 5.39. The van der Waals surface area contributed by atoms with Crippen molar-refractivity contribution in [3.05, 3.63) is 6.20 Å². The molecule has 0 radical (unpaired) electrons. The number of aromatic nitrogens is 2. The maximum absolute atomic E-state index is 11.9. The molecule has 2 rings (SSSR count). The molecule has 1 fully saturated rings. The van der Waals surface area contributed by atoms with Crippen molar-refractivity contribution in [2.75, 3.05) is 18.9 Å². The number of sulfonamides is 1. The molecule has 8 heteroatoms. The molecule has 0 aliphatic heterocycles. The van der Waals surface area contributed by atoms with Crippen LogP contribution in [0.1, 0.15) is 19.3 Å². The summed E-state index contributed by atoms with van der Waals surface area (Å²) in [6.45, 7) is 0.413. The molecule has 5 N–H and O–H groups in total. The van der Waals surface area contributed by atoms with E-state index in [9.17, 15) is 8.42 Å². The van der Waals surface area contributed by atoms with Crippen molar-refractivity contribution in [2.24, 2.45) is 5.41 Å². The second-order valence-corrected chi connectivity index (χ2v) is 6.18. The van der Waals surface area contributed by atoms with Crippen LogP contribution in [0, 0.1) is 5.41 Å². The van der Waals surface area contributed by atoms with E-state index >= 15 is 0 Å². The van der Waals surface area contributed by atoms with Crippen molar-refractivity contribution < 1.29 is 13.5 Å². The minimum Gasteiger partial charge on any atom is -0.396 e. The van der Waals surface area contributed by atoms with Gasteiger partial charge in [-0.1, -0.05) is 0 Å². The van der Waals surface area contributed by atoms with E-state index in [0.29, 0.717) is 13.0 Å². The lowest BCUT2D eigenvalue weighted by molar-refractivity contribution is 0.249. The Bertz CT molecular complexity index is 492. The van der Waals surface area contributed by atoms with E-state index in [0.717, 1.165) is 12.8 Å². The Balaban J connectivity index is 2.02. The highest BCUT2D eigenvalue weighted by Crippen LogP contribution is 2.48. The first-order valence-electron chi connectivity index (χ1n) is 5.38. The quantitative estimate of drug-likeness (QED) is 0.546. The van der Waals surface area contributed by atoms with Crippen molar-refractivity contribution in [1.82, 2.24) is 14.9 Å². The topological polar surface area (TPSA) is 121 Å². The summed E-state index contributed by atoms with van der Waals surface area (Å²) < 4.78 is 26.3. The third-order valence-electron chi connectivity index (χ3n) is 3.16. The normalized spacial score (nSPS) is 18.2. The molecule has 0 aromatic carbocycles. The molecular formula is C9H16N4O3S. The minimum absolute atomic E-state index is 0.0303. The van der Waals surface area contributed by atoms with Gasteiger partial charge < -0.3 is 10.8 Å². The van der Waals surface area contributed by atoms with Crippen LogP contribution in [0.4, 0.5) is 5.82 Å². The highest BCUT2D eigenvalue weighted by Gasteiger charge is 2.42. The highest BCUT2D eigenvalue weighted by atomic mass is 32.2. The van der Waals surface area contributed by atoms with Gasteiger partial charge in [0.1, 0.15) is 10.7 Å². The lowest BCUT2D eigenvalue weighted by Crippen LogP contribution is -2.31. The molecule has 0 atom stereocenters. The van der Waals surface area contributed by atoms with Crippen LogP contribution in [0.15, 0.2) is 11.1 Å². The smallest absolute Gasteiger partial charge is 0.245 e. The number of anilines is 1. The first-order valence-corrected chi connectivity index (χ1v) is 6.87. The third kappa shape index (κ3) is 2.59. The number of hydrogen-bond donors (Lipinski definition) is 4. The maximum Gasteiger partial charge on any atom is 0.245 e. The van der Waals surface area contributed by atoms with E-state index < -0.39 is 10.0 Å². The van der Waals surface area contributed by atoms with Crippen LogP contribution in [-0.2, 0) is 10.0 Å². The Kier molecular flexibility index (Phi) is 3.11. The molecule has 1 saturated carbocycles. The van der Waals surface area contributed by atoms with E-state index in [1.54, 1.807) is 0 Å². The maximum atomic E-state index is 11.9. The standard InChI is InChI=1S/C9H16N4O3S/c10-8-7(5-11-13-8)17(15,16)12-6-9(1-2-9)3-4-14/h5,12,14H,1-4,6H2,(H3,10,11,13). The number of hydrogen-bond acceptors (Lipinski definition) is 5. The molecule has 0 unspecified atom stereocenters. The van der Waals surface area contributed by atoms with Crippen molar-refractivity contribution in [3.8, 4) is 0 Å². The molecule has 1 heterocycles. The van der Waals surface area contributed by atoms with Gasteiger partial charge in [0, 0.05) is 13.2 Å². The van der Waals surface area contributed by atoms with Gasteiger partial charge in [-0.3, -0.25) is 5.10 Å². The summed E-state index contributed by atoms with van der Waals surface area (Å²) in [4.78, 5) is -0.0303. The van der Waals surface area contributed by atoms with E-state index in [4.69, 9.17) is 10.8 Å². The number of nitrogens with zero attached hydrogens (tertiary/aromatic N) is 1. The van der Waals surface area contributed by atoms with Gasteiger partial charge in [0.2, 0.25) is 10.0 Å². The first kappa shape index (κ1) is 12.3. The van der Waals surface area contributed by atoms with E-state index in [1.807, 2.05) is 0 Å². The number of nitrogen functional groups attached to an aromatic ring is 1. The summed E-state index contributed by atoms with van der Waals surface area (Å²) in [6, 6.07) is 0. The predicted molar refractivity (Wildman–Crippen MR) is 61.6 cm³/mol. The number of nitrogens with one attached hydrogen (secondary N) is 2. The Labute approximate surface area is 99.5 Å². The van der Waals surface area contributed by atoms with Crippen molar-refractivity contribution >= 4 is 15.8 Å². The van der Waals surface area contributed by atoms with Crippen molar-refractivity contribution in [2.45, 2.75) is 24.2 Å². The second-order valence-electron chi connectivity index (χ2n) is 4.45. The predicted octanol–water partition coefficient (Wildman–Crippen LogP) is -0.567. The summed E-state index contributed by atoms with van der Waals surface area (Å²) in [7, 11) is -3.61. The molecule has 17 heavy (non-hydrogen) atoms. The Hall–Kier alpha value is -1.12. The largest absolute Gasteiger partial charge is 0.396 e. The van der Waals surface area contributed by atoms with E-state index in [1.165, 1.54) is 6.20 Å². The van der Waals surface area contributed by atoms with Gasteiger partial charge in [0.15, 0.2) is 0 Å². The molecule has 0 saturated heterocycles. The number of aliphatic hydroxyl groups is 1. The molecule has 1 aromatic heterocycles. The monoisotopic (exact) mass is 260 g/mol. The van der Waals surface area contributed by atoms with Crippen LogP contribution in [-0.4, -0.2) is 36.9 Å². The summed E-state index contributed by atoms with van der Waals surface area (Å²) in [5.74, 6) is 0.0319. The summed E-state index contributed by atoms with van der Waals surface area (Å²) in [5, 5.41) is 14.8. The molecule has 0 spiro atoms. The fourth-order valence-electron chi connectivity index (χ4n) is 1.75. The van der Waals surface area contributed by atoms with Gasteiger partial charge >= 0.3 is 0 Å². The zero-order valence-corrected chi connectivity index (χ0v) is 10.1. The Morgan fingerprint density at radius 1 is 1.59 bits per heavy atom. The zero-order chi connectivity index (χ0) is 12.5. The Morgan fingerprint density at radius 2 is 2.29 bits per heavy atom. The van der Waals surface area contributed by atoms with Crippen LogP contribution >= 0.6 is 0 Å². The summed E-state index contributed by atoms with van der Waals surface area (Å²) >= 11 is 0. The van der Waals surface area contributed by atoms with Crippen LogP contribution < -0.4 is 10.5 Å². The average molecular weight is 260 g/mol. The number of H-pyrrole nitrogens is 1. The molecule has 1 aromatic rings. The highest BCUT2D eigenvalue weighted by molar-refractivity contribution is 7.89. The summed E-state index contributed by atoms with van der Waals surface area (Å²) in [6.07, 6.45) is 3.69. The molecule has 96 valence electrons. The van der Waals surface area contributed by atoms with Gasteiger partial charge in [-0.25, -0.2) is 13.1 Å². The van der Waals surface area contributed by atoms with E-state index in [2.05, 4.69) is 14.9 Å². The van der Waals surface area contributed by atoms with Gasteiger partial charge in [-0.15, -0.1) is 0 Å². The van der Waals surface area contributed by atoms with Crippen molar-refractivity contribution in [3.63, 3.8) is 0 Å². The Morgan fingerprint density at radius 3 is 2.76 bits per heavy atom. The lowest BCUT2D eigenvalue weighted by atomic mass is 10.0. The number of nitrogens with two attached hydrogens (primary N) is 1. The van der Waals surface area contributed by atoms with Crippen molar-refractivity contribution in [1.29, 1.82) is 0 Å². The number of rotatable bonds is 6. The molecule has 1 aliphatic carbocycles. The average Bonchev–Trinajstić information content (AvgIpc) is 2.89. The van der Waals surface area contributed by atoms with Crippen LogP contribution in [0.3, 0.4) is 0 Å². The molecule has 0 bridgehead atoms. The third-order valence-corrected chi connectivity index (χ3v) is 4.59.